The summed E-state index contributed by atoms with van der Waals surface area (Å²) in [6.45, 7) is 12.9. The second-order valence-corrected chi connectivity index (χ2v) is 11.4. The first-order valence-electron chi connectivity index (χ1n) is 18.2. The van der Waals surface area contributed by atoms with Gasteiger partial charge >= 0.3 is 0 Å². The van der Waals surface area contributed by atoms with Crippen molar-refractivity contribution >= 4 is 0 Å². The third-order valence-corrected chi connectivity index (χ3v) is 7.56. The smallest absolute Gasteiger partial charge is 0.137 e. The predicted molar refractivity (Wildman–Crippen MR) is 185 cm³/mol. The highest BCUT2D eigenvalue weighted by Crippen LogP contribution is 2.42. The topological polar surface area (TPSA) is 166 Å². The van der Waals surface area contributed by atoms with E-state index in [-0.39, 0.29) is 12.0 Å². The van der Waals surface area contributed by atoms with E-state index in [1.54, 1.807) is 19.4 Å². The molecule has 2 rings (SSSR count). The molecule has 1 aliphatic rings. The van der Waals surface area contributed by atoms with Crippen molar-refractivity contribution < 1.29 is 66.7 Å². The van der Waals surface area contributed by atoms with Gasteiger partial charge in [0, 0.05) is 13.3 Å². The Kier molecular flexibility index (Phi) is 30.7. The van der Waals surface area contributed by atoms with Crippen LogP contribution in [0.25, 0.3) is 0 Å². The molecule has 0 radical (unpaired) electrons. The fraction of sp³-hybridized carbons (Fsp3) is 0.886. The summed E-state index contributed by atoms with van der Waals surface area (Å²) in [6.07, 6.45) is 4.83. The molecule has 1 heterocycles. The van der Waals surface area contributed by atoms with Crippen LogP contribution in [0.1, 0.15) is 30.8 Å². The summed E-state index contributed by atoms with van der Waals surface area (Å²) in [7, 11) is 1.64. The van der Waals surface area contributed by atoms with Crippen molar-refractivity contribution in [2.45, 2.75) is 31.3 Å². The van der Waals surface area contributed by atoms with Crippen LogP contribution in [0.2, 0.25) is 0 Å². The van der Waals surface area contributed by atoms with Crippen molar-refractivity contribution in [2.75, 3.05) is 172 Å². The van der Waals surface area contributed by atoms with Gasteiger partial charge in [-0.2, -0.15) is 0 Å². The average Bonchev–Trinajstić information content (AvgIpc) is 3.13. The van der Waals surface area contributed by atoms with Gasteiger partial charge in [0.1, 0.15) is 5.82 Å². The molecule has 51 heavy (non-hydrogen) atoms. The number of rotatable bonds is 40. The monoisotopic (exact) mass is 736 g/mol. The molecule has 1 aliphatic carbocycles. The van der Waals surface area contributed by atoms with E-state index in [4.69, 9.17) is 61.6 Å². The third kappa shape index (κ3) is 25.2. The Morgan fingerprint density at radius 3 is 1.08 bits per heavy atom. The van der Waals surface area contributed by atoms with Crippen LogP contribution in [-0.2, 0) is 73.6 Å². The van der Waals surface area contributed by atoms with Gasteiger partial charge in [0.15, 0.2) is 0 Å². The van der Waals surface area contributed by atoms with Crippen LogP contribution in [-0.4, -0.2) is 187 Å². The summed E-state index contributed by atoms with van der Waals surface area (Å²) in [5, 5.41) is 9.35. The van der Waals surface area contributed by atoms with Crippen molar-refractivity contribution in [3.63, 3.8) is 0 Å². The first-order chi connectivity index (χ1) is 25.3. The maximum absolute atomic E-state index is 9.35. The third-order valence-electron chi connectivity index (χ3n) is 7.56. The van der Waals surface area contributed by atoms with Gasteiger partial charge in [0.2, 0.25) is 0 Å². The number of aromatic nitrogens is 2. The molecule has 16 nitrogen and oxygen atoms in total. The van der Waals surface area contributed by atoms with E-state index in [9.17, 15) is 5.11 Å². The van der Waals surface area contributed by atoms with Gasteiger partial charge in [0.25, 0.3) is 0 Å². The van der Waals surface area contributed by atoms with Crippen LogP contribution in [0.3, 0.4) is 0 Å². The second-order valence-electron chi connectivity index (χ2n) is 11.4. The SMILES string of the molecule is COCCOCCOCCOCCOCCOCCOCCOCCOCCOCCOCCOCCOCC1(c2nccc(CO)n2)CCC1. The second kappa shape index (κ2) is 34.3. The molecule has 0 spiro atoms. The summed E-state index contributed by atoms with van der Waals surface area (Å²) in [4.78, 5) is 8.91. The van der Waals surface area contributed by atoms with E-state index >= 15 is 0 Å². The number of aliphatic hydroxyl groups excluding tert-OH is 1. The first kappa shape index (κ1) is 45.7. The van der Waals surface area contributed by atoms with Crippen molar-refractivity contribution in [3.8, 4) is 0 Å². The lowest BCUT2D eigenvalue weighted by Gasteiger charge is -2.40. The van der Waals surface area contributed by atoms with Crippen LogP contribution in [0.5, 0.6) is 0 Å². The largest absolute Gasteiger partial charge is 0.390 e. The molecule has 0 atom stereocenters. The lowest BCUT2D eigenvalue weighted by atomic mass is 9.68. The standard InChI is InChI=1S/C35H64N2O14/c1-39-7-8-40-9-10-41-11-12-42-13-14-43-15-16-44-17-18-45-19-20-46-21-22-47-23-24-48-25-26-49-27-28-50-29-30-51-32-35(4-2-5-35)34-36-6-3-33(31-38)37-34/h3,6,38H,2,4-5,7-32H2,1H3. The molecule has 0 aliphatic heterocycles. The van der Waals surface area contributed by atoms with Crippen molar-refractivity contribution in [3.05, 3.63) is 23.8 Å². The zero-order chi connectivity index (χ0) is 36.2. The van der Waals surface area contributed by atoms with E-state index in [1.807, 2.05) is 0 Å². The number of aliphatic hydroxyl groups is 1. The molecule has 1 fully saturated rings. The first-order valence-corrected chi connectivity index (χ1v) is 18.2. The Morgan fingerprint density at radius 1 is 0.490 bits per heavy atom. The average molecular weight is 737 g/mol. The predicted octanol–water partition coefficient (Wildman–Crippen LogP) is 1.24. The number of hydrogen-bond acceptors (Lipinski definition) is 16. The van der Waals surface area contributed by atoms with Crippen LogP contribution >= 0.6 is 0 Å². The van der Waals surface area contributed by atoms with Gasteiger partial charge in [0.05, 0.1) is 183 Å². The maximum Gasteiger partial charge on any atom is 0.137 e. The number of hydrogen-bond donors (Lipinski definition) is 1. The minimum atomic E-state index is -0.145. The van der Waals surface area contributed by atoms with E-state index in [2.05, 4.69) is 9.97 Å². The van der Waals surface area contributed by atoms with Gasteiger partial charge in [-0.1, -0.05) is 6.42 Å². The molecule has 1 N–H and O–H groups in total. The molecule has 298 valence electrons. The normalized spacial score (nSPS) is 13.9. The Hall–Kier alpha value is -1.48. The van der Waals surface area contributed by atoms with Crippen molar-refractivity contribution in [1.29, 1.82) is 0 Å². The Bertz CT molecular complexity index is 887. The summed E-state index contributed by atoms with van der Waals surface area (Å²) in [6, 6.07) is 1.73. The molecule has 0 bridgehead atoms. The van der Waals surface area contributed by atoms with Gasteiger partial charge in [-0.15, -0.1) is 0 Å². The zero-order valence-corrected chi connectivity index (χ0v) is 30.8. The molecule has 1 aromatic rings. The number of ether oxygens (including phenoxy) is 13. The van der Waals surface area contributed by atoms with Crippen LogP contribution < -0.4 is 0 Å². The molecule has 0 saturated heterocycles. The summed E-state index contributed by atoms with van der Waals surface area (Å²) >= 11 is 0. The van der Waals surface area contributed by atoms with Gasteiger partial charge in [-0.3, -0.25) is 0 Å². The summed E-state index contributed by atoms with van der Waals surface area (Å²) in [5.74, 6) is 0.765. The fourth-order valence-corrected chi connectivity index (χ4v) is 4.60. The molecular weight excluding hydrogens is 672 g/mol. The Morgan fingerprint density at radius 2 is 0.804 bits per heavy atom. The summed E-state index contributed by atoms with van der Waals surface area (Å²) in [5.41, 5.74) is 0.493. The zero-order valence-electron chi connectivity index (χ0n) is 30.8. The van der Waals surface area contributed by atoms with E-state index in [0.29, 0.717) is 171 Å². The molecular formula is C35H64N2O14. The van der Waals surface area contributed by atoms with Crippen LogP contribution in [0.15, 0.2) is 12.3 Å². The molecule has 1 aromatic heterocycles. The molecule has 1 saturated carbocycles. The van der Waals surface area contributed by atoms with Gasteiger partial charge in [-0.25, -0.2) is 9.97 Å². The minimum absolute atomic E-state index is 0.0843. The Labute approximate surface area is 303 Å². The number of nitrogens with zero attached hydrogens (tertiary/aromatic N) is 2. The minimum Gasteiger partial charge on any atom is -0.390 e. The van der Waals surface area contributed by atoms with Crippen molar-refractivity contribution in [1.82, 2.24) is 9.97 Å². The van der Waals surface area contributed by atoms with Gasteiger partial charge < -0.3 is 66.7 Å². The molecule has 0 aromatic carbocycles. The van der Waals surface area contributed by atoms with Crippen LogP contribution in [0, 0.1) is 0 Å². The van der Waals surface area contributed by atoms with Crippen molar-refractivity contribution in [2.24, 2.45) is 0 Å². The highest BCUT2D eigenvalue weighted by atomic mass is 16.6. The lowest BCUT2D eigenvalue weighted by Crippen LogP contribution is -2.41. The number of methoxy groups -OCH3 is 1. The fourth-order valence-electron chi connectivity index (χ4n) is 4.60. The molecule has 0 amide bonds. The highest BCUT2D eigenvalue weighted by Gasteiger charge is 2.41. The highest BCUT2D eigenvalue weighted by molar-refractivity contribution is 5.15. The van der Waals surface area contributed by atoms with Crippen LogP contribution in [0.4, 0.5) is 0 Å². The van der Waals surface area contributed by atoms with Gasteiger partial charge in [-0.05, 0) is 18.9 Å². The quantitative estimate of drug-likeness (QED) is 0.0956. The lowest BCUT2D eigenvalue weighted by molar-refractivity contribution is -0.0302. The van der Waals surface area contributed by atoms with E-state index in [0.717, 1.165) is 25.1 Å². The van der Waals surface area contributed by atoms with E-state index < -0.39 is 0 Å². The maximum atomic E-state index is 9.35. The molecule has 0 unspecified atom stereocenters. The Balaban J connectivity index is 1.18. The summed E-state index contributed by atoms with van der Waals surface area (Å²) < 4.78 is 71.0. The molecule has 16 heteroatoms. The van der Waals surface area contributed by atoms with E-state index in [1.165, 1.54) is 0 Å².